The second-order valence-corrected chi connectivity index (χ2v) is 9.35. The van der Waals surface area contributed by atoms with Crippen LogP contribution in [0.3, 0.4) is 0 Å². The van der Waals surface area contributed by atoms with E-state index >= 15 is 0 Å². The summed E-state index contributed by atoms with van der Waals surface area (Å²) in [6.45, 7) is 5.55. The van der Waals surface area contributed by atoms with Crippen molar-refractivity contribution in [2.24, 2.45) is 5.92 Å². The van der Waals surface area contributed by atoms with Gasteiger partial charge in [-0.15, -0.1) is 0 Å². The van der Waals surface area contributed by atoms with Gasteiger partial charge in [0.15, 0.2) is 0 Å². The molecule has 1 atom stereocenters. The van der Waals surface area contributed by atoms with Gasteiger partial charge in [0.05, 0.1) is 11.5 Å². The molecule has 0 heterocycles. The van der Waals surface area contributed by atoms with Crippen LogP contribution < -0.4 is 0 Å². The van der Waals surface area contributed by atoms with E-state index in [0.717, 1.165) is 16.7 Å². The van der Waals surface area contributed by atoms with E-state index in [-0.39, 0.29) is 25.7 Å². The number of alkyl halides is 3. The summed E-state index contributed by atoms with van der Waals surface area (Å²) in [5.74, 6) is -4.34. The van der Waals surface area contributed by atoms with Crippen molar-refractivity contribution >= 4 is 22.1 Å². The molecule has 0 amide bonds. The summed E-state index contributed by atoms with van der Waals surface area (Å²) in [6.07, 6.45) is -7.82. The monoisotopic (exact) mass is 466 g/mol. The summed E-state index contributed by atoms with van der Waals surface area (Å²) in [4.78, 5) is 24.6. The first-order valence-electron chi connectivity index (χ1n) is 9.68. The molecule has 1 aliphatic rings. The van der Waals surface area contributed by atoms with Gasteiger partial charge in [-0.1, -0.05) is 6.07 Å². The Labute approximate surface area is 178 Å². The van der Waals surface area contributed by atoms with E-state index in [2.05, 4.69) is 4.74 Å². The Hall–Kier alpha value is -2.14. The molecule has 1 aromatic carbocycles. The van der Waals surface area contributed by atoms with Crippen molar-refractivity contribution in [2.45, 2.75) is 64.8 Å². The molecule has 31 heavy (non-hydrogen) atoms. The van der Waals surface area contributed by atoms with Crippen LogP contribution in [0.25, 0.3) is 0 Å². The lowest BCUT2D eigenvalue weighted by atomic mass is 9.87. The van der Waals surface area contributed by atoms with Crippen LogP contribution in [0.2, 0.25) is 0 Å². The Morgan fingerprint density at radius 1 is 1.13 bits per heavy atom. The van der Waals surface area contributed by atoms with Crippen molar-refractivity contribution in [3.05, 3.63) is 34.4 Å². The first-order chi connectivity index (χ1) is 14.2. The predicted octanol–water partition coefficient (Wildman–Crippen LogP) is 3.69. The first-order valence-corrected chi connectivity index (χ1v) is 11.3. The molecular formula is C20H25F3O7S. The van der Waals surface area contributed by atoms with Crippen LogP contribution in [0, 0.1) is 26.7 Å². The molecule has 1 N–H and O–H groups in total. The summed E-state index contributed by atoms with van der Waals surface area (Å²) in [5.41, 5.74) is 3.09. The molecule has 1 aromatic rings. The normalized spacial score (nSPS) is 20.7. The predicted molar refractivity (Wildman–Crippen MR) is 104 cm³/mol. The number of esters is 2. The highest BCUT2D eigenvalue weighted by molar-refractivity contribution is 7.85. The van der Waals surface area contributed by atoms with Crippen molar-refractivity contribution in [2.75, 3.05) is 5.75 Å². The lowest BCUT2D eigenvalue weighted by Crippen LogP contribution is -2.41. The topological polar surface area (TPSA) is 107 Å². The molecule has 0 saturated heterocycles. The van der Waals surface area contributed by atoms with E-state index in [0.29, 0.717) is 5.56 Å². The molecule has 0 aromatic heterocycles. The van der Waals surface area contributed by atoms with E-state index in [4.69, 9.17) is 9.29 Å². The summed E-state index contributed by atoms with van der Waals surface area (Å²) in [5, 5.41) is 0. The van der Waals surface area contributed by atoms with Crippen molar-refractivity contribution in [3.63, 3.8) is 0 Å². The van der Waals surface area contributed by atoms with Gasteiger partial charge in [-0.3, -0.25) is 9.35 Å². The Morgan fingerprint density at radius 2 is 1.71 bits per heavy atom. The number of halogens is 3. The van der Waals surface area contributed by atoms with E-state index in [1.165, 1.54) is 0 Å². The molecule has 0 radical (unpaired) electrons. The van der Waals surface area contributed by atoms with Gasteiger partial charge in [0, 0.05) is 0 Å². The van der Waals surface area contributed by atoms with Gasteiger partial charge < -0.3 is 9.47 Å². The van der Waals surface area contributed by atoms with Gasteiger partial charge in [0.2, 0.25) is 6.10 Å². The highest BCUT2D eigenvalue weighted by Crippen LogP contribution is 2.31. The lowest BCUT2D eigenvalue weighted by Gasteiger charge is -2.29. The van der Waals surface area contributed by atoms with Gasteiger partial charge in [-0.05, 0) is 69.2 Å². The van der Waals surface area contributed by atoms with Crippen LogP contribution in [0.4, 0.5) is 13.2 Å². The Bertz CT molecular complexity index is 933. The number of rotatable bonds is 6. The lowest BCUT2D eigenvalue weighted by molar-refractivity contribution is -0.218. The zero-order valence-corrected chi connectivity index (χ0v) is 18.2. The fourth-order valence-corrected chi connectivity index (χ4v) is 4.15. The Kier molecular flexibility index (Phi) is 7.75. The molecule has 0 spiro atoms. The minimum Gasteiger partial charge on any atom is -0.459 e. The quantitative estimate of drug-likeness (QED) is 0.503. The Balaban J connectivity index is 1.94. The minimum atomic E-state index is -5.14. The van der Waals surface area contributed by atoms with E-state index in [9.17, 15) is 31.2 Å². The number of hydrogen-bond donors (Lipinski definition) is 1. The van der Waals surface area contributed by atoms with Crippen LogP contribution in [-0.4, -0.2) is 49.0 Å². The molecule has 2 rings (SSSR count). The number of benzene rings is 1. The molecule has 1 saturated carbocycles. The highest BCUT2D eigenvalue weighted by Gasteiger charge is 2.46. The van der Waals surface area contributed by atoms with Gasteiger partial charge in [-0.25, -0.2) is 4.79 Å². The molecule has 0 aliphatic heterocycles. The zero-order chi connectivity index (χ0) is 23.6. The summed E-state index contributed by atoms with van der Waals surface area (Å²) < 4.78 is 78.9. The van der Waals surface area contributed by atoms with Gasteiger partial charge in [0.1, 0.15) is 11.9 Å². The summed E-state index contributed by atoms with van der Waals surface area (Å²) in [6, 6.07) is 3.67. The van der Waals surface area contributed by atoms with Crippen LogP contribution in [0.15, 0.2) is 12.1 Å². The molecule has 11 heteroatoms. The largest absolute Gasteiger partial charge is 0.459 e. The van der Waals surface area contributed by atoms with Crippen molar-refractivity contribution in [1.29, 1.82) is 0 Å². The third-order valence-electron chi connectivity index (χ3n) is 5.30. The maximum atomic E-state index is 12.9. The minimum absolute atomic E-state index is 0.124. The number of carbonyl (C=O) groups is 2. The van der Waals surface area contributed by atoms with Crippen molar-refractivity contribution in [3.8, 4) is 0 Å². The van der Waals surface area contributed by atoms with Crippen LogP contribution in [-0.2, 0) is 24.4 Å². The maximum Gasteiger partial charge on any atom is 0.426 e. The number of carbonyl (C=O) groups excluding carboxylic acids is 2. The molecule has 1 unspecified atom stereocenters. The highest BCUT2D eigenvalue weighted by atomic mass is 32.2. The van der Waals surface area contributed by atoms with Crippen molar-refractivity contribution < 1.29 is 45.2 Å². The number of hydrogen-bond acceptors (Lipinski definition) is 6. The number of ether oxygens (including phenoxy) is 2. The molecule has 174 valence electrons. The summed E-state index contributed by atoms with van der Waals surface area (Å²) in [7, 11) is -5.00. The SMILES string of the molecule is Cc1cc(C)c(C)c(C(=O)OC2CCC(C(=O)OC(CS(=O)(=O)O)C(F)(F)F)CC2)c1. The molecule has 7 nitrogen and oxygen atoms in total. The second kappa shape index (κ2) is 9.56. The molecule has 0 bridgehead atoms. The van der Waals surface area contributed by atoms with Gasteiger partial charge >= 0.3 is 18.1 Å². The van der Waals surface area contributed by atoms with Gasteiger partial charge in [0.25, 0.3) is 10.1 Å². The van der Waals surface area contributed by atoms with Crippen LogP contribution in [0.1, 0.15) is 52.7 Å². The molecule has 1 fully saturated rings. The zero-order valence-electron chi connectivity index (χ0n) is 17.4. The number of aryl methyl sites for hydroxylation is 2. The third-order valence-corrected chi connectivity index (χ3v) is 6.02. The smallest absolute Gasteiger partial charge is 0.426 e. The first kappa shape index (κ1) is 25.1. The molecular weight excluding hydrogens is 441 g/mol. The van der Waals surface area contributed by atoms with Gasteiger partial charge in [-0.2, -0.15) is 21.6 Å². The fourth-order valence-electron chi connectivity index (χ4n) is 3.51. The third kappa shape index (κ3) is 7.20. The van der Waals surface area contributed by atoms with E-state index < -0.39 is 52.1 Å². The Morgan fingerprint density at radius 3 is 2.23 bits per heavy atom. The van der Waals surface area contributed by atoms with E-state index in [1.807, 2.05) is 26.8 Å². The van der Waals surface area contributed by atoms with E-state index in [1.54, 1.807) is 6.07 Å². The average Bonchev–Trinajstić information content (AvgIpc) is 2.62. The fraction of sp³-hybridized carbons (Fsp3) is 0.600. The average molecular weight is 466 g/mol. The standard InChI is InChI=1S/C20H25F3O7S/c1-11-8-12(2)13(3)16(9-11)19(25)29-15-6-4-14(5-7-15)18(24)30-17(20(21,22)23)10-31(26,27)28/h8-9,14-15,17H,4-7,10H2,1-3H3,(H,26,27,28). The summed E-state index contributed by atoms with van der Waals surface area (Å²) >= 11 is 0. The van der Waals surface area contributed by atoms with Crippen molar-refractivity contribution in [1.82, 2.24) is 0 Å². The second-order valence-electron chi connectivity index (χ2n) is 7.85. The van der Waals surface area contributed by atoms with Crippen LogP contribution >= 0.6 is 0 Å². The maximum absolute atomic E-state index is 12.9. The van der Waals surface area contributed by atoms with Crippen LogP contribution in [0.5, 0.6) is 0 Å². The molecule has 1 aliphatic carbocycles.